The van der Waals surface area contributed by atoms with Gasteiger partial charge < -0.3 is 19.5 Å². The van der Waals surface area contributed by atoms with Gasteiger partial charge in [-0.2, -0.15) is 5.10 Å². The van der Waals surface area contributed by atoms with Crippen LogP contribution in [0, 0.1) is 0 Å². The van der Waals surface area contributed by atoms with Crippen molar-refractivity contribution in [2.75, 3.05) is 25.1 Å². The minimum absolute atomic E-state index is 0.124. The lowest BCUT2D eigenvalue weighted by Crippen LogP contribution is -2.20. The van der Waals surface area contributed by atoms with E-state index in [0.717, 1.165) is 0 Å². The number of hydrogen-bond acceptors (Lipinski definition) is 6. The topological polar surface area (TPSA) is 87.5 Å². The fourth-order valence-electron chi connectivity index (χ4n) is 2.45. The number of nitrogens with one attached hydrogen (secondary N) is 1. The molecule has 0 spiro atoms. The number of benzene rings is 2. The Morgan fingerprint density at radius 1 is 1.07 bits per heavy atom. The number of carbonyl (C=O) groups is 1. The van der Waals surface area contributed by atoms with Gasteiger partial charge in [0.2, 0.25) is 0 Å². The molecule has 1 amide bonds. The second-order valence-corrected chi connectivity index (χ2v) is 5.75. The maximum atomic E-state index is 12.2. The second kappa shape index (κ2) is 9.96. The molecule has 8 nitrogen and oxygen atoms in total. The summed E-state index contributed by atoms with van der Waals surface area (Å²) in [5.41, 5.74) is 0.630. The highest BCUT2D eigenvalue weighted by atomic mass is 16.5. The first-order valence-corrected chi connectivity index (χ1v) is 8.94. The molecule has 1 N–H and O–H groups in total. The first-order valence-electron chi connectivity index (χ1n) is 8.94. The molecule has 0 fully saturated rings. The average molecular weight is 382 g/mol. The number of rotatable bonds is 10. The molecule has 0 saturated carbocycles. The van der Waals surface area contributed by atoms with Crippen molar-refractivity contribution in [3.05, 3.63) is 61.2 Å². The Bertz CT molecular complexity index is 883. The normalized spacial score (nSPS) is 10.3. The van der Waals surface area contributed by atoms with Gasteiger partial charge in [-0.25, -0.2) is 9.67 Å². The molecule has 3 aromatic rings. The molecule has 0 saturated heterocycles. The van der Waals surface area contributed by atoms with E-state index in [0.29, 0.717) is 42.7 Å². The van der Waals surface area contributed by atoms with Gasteiger partial charge in [-0.3, -0.25) is 4.79 Å². The summed E-state index contributed by atoms with van der Waals surface area (Å²) in [4.78, 5) is 16.1. The Hall–Kier alpha value is -3.55. The van der Waals surface area contributed by atoms with Crippen molar-refractivity contribution in [2.45, 2.75) is 13.5 Å². The second-order valence-electron chi connectivity index (χ2n) is 5.75. The van der Waals surface area contributed by atoms with E-state index < -0.39 is 0 Å². The molecule has 0 aliphatic heterocycles. The van der Waals surface area contributed by atoms with Gasteiger partial charge in [0.25, 0.3) is 5.91 Å². The summed E-state index contributed by atoms with van der Waals surface area (Å²) in [5, 5.41) is 6.81. The van der Waals surface area contributed by atoms with E-state index in [1.165, 1.54) is 6.33 Å². The Labute approximate surface area is 163 Å². The number of amides is 1. The Morgan fingerprint density at radius 3 is 2.64 bits per heavy atom. The first-order chi connectivity index (χ1) is 13.7. The summed E-state index contributed by atoms with van der Waals surface area (Å²) in [6.45, 7) is 3.32. The predicted octanol–water partition coefficient (Wildman–Crippen LogP) is 2.77. The molecule has 1 heterocycles. The lowest BCUT2D eigenvalue weighted by Gasteiger charge is -2.12. The number of nitrogens with zero attached hydrogens (tertiary/aromatic N) is 3. The Balaban J connectivity index is 1.48. The molecule has 0 unspecified atom stereocenters. The van der Waals surface area contributed by atoms with Crippen LogP contribution in [0.2, 0.25) is 0 Å². The van der Waals surface area contributed by atoms with Crippen LogP contribution in [-0.4, -0.2) is 40.5 Å². The van der Waals surface area contributed by atoms with E-state index in [1.807, 2.05) is 31.2 Å². The molecule has 3 rings (SSSR count). The van der Waals surface area contributed by atoms with Gasteiger partial charge in [-0.1, -0.05) is 18.2 Å². The van der Waals surface area contributed by atoms with Gasteiger partial charge in [-0.15, -0.1) is 0 Å². The highest BCUT2D eigenvalue weighted by molar-refractivity contribution is 5.92. The van der Waals surface area contributed by atoms with Gasteiger partial charge in [0.05, 0.1) is 13.2 Å². The minimum Gasteiger partial charge on any atom is -0.492 e. The maximum Gasteiger partial charge on any atom is 0.262 e. The van der Waals surface area contributed by atoms with Crippen molar-refractivity contribution in [3.8, 4) is 17.2 Å². The quantitative estimate of drug-likeness (QED) is 0.580. The van der Waals surface area contributed by atoms with Crippen molar-refractivity contribution in [1.82, 2.24) is 14.8 Å². The van der Waals surface area contributed by atoms with Crippen molar-refractivity contribution >= 4 is 11.6 Å². The molecule has 1 aromatic heterocycles. The van der Waals surface area contributed by atoms with Crippen molar-refractivity contribution < 1.29 is 19.0 Å². The SMILES string of the molecule is CCOc1ccccc1OCC(=O)Nc1cccc(OCCn2cncn2)c1. The fraction of sp³-hybridized carbons (Fsp3) is 0.250. The summed E-state index contributed by atoms with van der Waals surface area (Å²) in [5.74, 6) is 1.52. The molecular formula is C20H22N4O4. The standard InChI is InChI=1S/C20H22N4O4/c1-2-26-18-8-3-4-9-19(18)28-13-20(25)23-16-6-5-7-17(12-16)27-11-10-24-15-21-14-22-24/h3-9,12,14-15H,2,10-11,13H2,1H3,(H,23,25). The number of hydrogen-bond donors (Lipinski definition) is 1. The number of aromatic nitrogens is 3. The number of carbonyl (C=O) groups excluding carboxylic acids is 1. The van der Waals surface area contributed by atoms with E-state index in [4.69, 9.17) is 14.2 Å². The molecule has 0 bridgehead atoms. The van der Waals surface area contributed by atoms with Gasteiger partial charge >= 0.3 is 0 Å². The largest absolute Gasteiger partial charge is 0.492 e. The van der Waals surface area contributed by atoms with Crippen molar-refractivity contribution in [1.29, 1.82) is 0 Å². The van der Waals surface area contributed by atoms with Crippen LogP contribution >= 0.6 is 0 Å². The average Bonchev–Trinajstić information content (AvgIpc) is 3.21. The monoisotopic (exact) mass is 382 g/mol. The smallest absolute Gasteiger partial charge is 0.262 e. The van der Waals surface area contributed by atoms with Crippen LogP contribution in [-0.2, 0) is 11.3 Å². The molecular weight excluding hydrogens is 360 g/mol. The number of para-hydroxylation sites is 2. The van der Waals surface area contributed by atoms with Crippen molar-refractivity contribution in [2.24, 2.45) is 0 Å². The van der Waals surface area contributed by atoms with E-state index in [9.17, 15) is 4.79 Å². The molecule has 28 heavy (non-hydrogen) atoms. The van der Waals surface area contributed by atoms with Crippen LogP contribution in [0.4, 0.5) is 5.69 Å². The summed E-state index contributed by atoms with van der Waals surface area (Å²) in [7, 11) is 0. The first kappa shape index (κ1) is 19.2. The molecule has 2 aromatic carbocycles. The molecule has 0 aliphatic rings. The summed E-state index contributed by atoms with van der Waals surface area (Å²) in [6.07, 6.45) is 3.11. The highest BCUT2D eigenvalue weighted by Gasteiger charge is 2.08. The third-order valence-corrected chi connectivity index (χ3v) is 3.68. The number of ether oxygens (including phenoxy) is 3. The molecule has 0 atom stereocenters. The number of anilines is 1. The summed E-state index contributed by atoms with van der Waals surface area (Å²) in [6, 6.07) is 14.4. The summed E-state index contributed by atoms with van der Waals surface area (Å²) < 4.78 is 18.4. The minimum atomic E-state index is -0.272. The molecule has 146 valence electrons. The third kappa shape index (κ3) is 5.73. The zero-order valence-electron chi connectivity index (χ0n) is 15.6. The van der Waals surface area contributed by atoms with Gasteiger partial charge in [0, 0.05) is 11.8 Å². The Kier molecular flexibility index (Phi) is 6.84. The lowest BCUT2D eigenvalue weighted by atomic mass is 10.3. The third-order valence-electron chi connectivity index (χ3n) is 3.68. The van der Waals surface area contributed by atoms with E-state index in [2.05, 4.69) is 15.4 Å². The molecule has 0 aliphatic carbocycles. The Morgan fingerprint density at radius 2 is 1.89 bits per heavy atom. The maximum absolute atomic E-state index is 12.2. The highest BCUT2D eigenvalue weighted by Crippen LogP contribution is 2.26. The predicted molar refractivity (Wildman–Crippen MR) is 104 cm³/mol. The molecule has 8 heteroatoms. The van der Waals surface area contributed by atoms with Crippen LogP contribution in [0.3, 0.4) is 0 Å². The van der Waals surface area contributed by atoms with Crippen LogP contribution in [0.5, 0.6) is 17.2 Å². The lowest BCUT2D eigenvalue weighted by molar-refractivity contribution is -0.118. The molecule has 0 radical (unpaired) electrons. The summed E-state index contributed by atoms with van der Waals surface area (Å²) >= 11 is 0. The fourth-order valence-corrected chi connectivity index (χ4v) is 2.45. The van der Waals surface area contributed by atoms with Crippen molar-refractivity contribution in [3.63, 3.8) is 0 Å². The van der Waals surface area contributed by atoms with Gasteiger partial charge in [0.1, 0.15) is 25.0 Å². The van der Waals surface area contributed by atoms with E-state index in [-0.39, 0.29) is 12.5 Å². The zero-order valence-corrected chi connectivity index (χ0v) is 15.6. The van der Waals surface area contributed by atoms with Crippen LogP contribution in [0.15, 0.2) is 61.2 Å². The van der Waals surface area contributed by atoms with Crippen LogP contribution in [0.25, 0.3) is 0 Å². The van der Waals surface area contributed by atoms with Gasteiger partial charge in [-0.05, 0) is 31.2 Å². The van der Waals surface area contributed by atoms with Crippen LogP contribution < -0.4 is 19.5 Å². The zero-order chi connectivity index (χ0) is 19.6. The van der Waals surface area contributed by atoms with Crippen LogP contribution in [0.1, 0.15) is 6.92 Å². The van der Waals surface area contributed by atoms with E-state index >= 15 is 0 Å². The van der Waals surface area contributed by atoms with Gasteiger partial charge in [0.15, 0.2) is 18.1 Å². The van der Waals surface area contributed by atoms with E-state index in [1.54, 1.807) is 35.3 Å².